The zero-order valence-electron chi connectivity index (χ0n) is 8.10. The van der Waals surface area contributed by atoms with E-state index in [4.69, 9.17) is 5.39 Å². The molecular formula is C6H4BrF7N3P. The standard InChI is InChI=1S/C6H4BrFN3.F6P/c7-4-1-5(8)3-6(2-4)10-11-9;1-7(2,3,4,5)6/h1-3,10H;/q+1;-1. The molecule has 0 unspecified atom stereocenters. The predicted molar refractivity (Wildman–Crippen MR) is 56.4 cm³/mol. The van der Waals surface area contributed by atoms with Gasteiger partial charge in [-0.1, -0.05) is 15.9 Å². The van der Waals surface area contributed by atoms with Crippen LogP contribution in [-0.2, 0) is 0 Å². The van der Waals surface area contributed by atoms with Gasteiger partial charge >= 0.3 is 38.1 Å². The van der Waals surface area contributed by atoms with Gasteiger partial charge in [0, 0.05) is 10.5 Å². The third-order valence-corrected chi connectivity index (χ3v) is 1.50. The van der Waals surface area contributed by atoms with E-state index in [1.54, 1.807) is 6.07 Å². The minimum absolute atomic E-state index is 0.388. The smallest absolute Gasteiger partial charge is 0.207 e. The molecule has 1 N–H and O–H groups in total. The van der Waals surface area contributed by atoms with Gasteiger partial charge < -0.3 is 0 Å². The van der Waals surface area contributed by atoms with Crippen LogP contribution < -0.4 is 5.43 Å². The first-order chi connectivity index (χ1) is 7.67. The number of halogens is 8. The van der Waals surface area contributed by atoms with Gasteiger partial charge in [0.25, 0.3) is 5.39 Å². The molecule has 0 heterocycles. The topological polar surface area (TPSA) is 40.2 Å². The zero-order valence-corrected chi connectivity index (χ0v) is 10.6. The van der Waals surface area contributed by atoms with Crippen molar-refractivity contribution in [3.8, 4) is 0 Å². The molecule has 104 valence electrons. The van der Waals surface area contributed by atoms with Gasteiger partial charge in [0.1, 0.15) is 11.5 Å². The van der Waals surface area contributed by atoms with E-state index in [1.807, 2.05) is 0 Å². The van der Waals surface area contributed by atoms with E-state index < -0.39 is 13.6 Å². The van der Waals surface area contributed by atoms with Gasteiger partial charge in [0.15, 0.2) is 0 Å². The van der Waals surface area contributed by atoms with Gasteiger partial charge in [-0.25, -0.2) is 4.39 Å². The fourth-order valence-electron chi connectivity index (χ4n) is 0.676. The van der Waals surface area contributed by atoms with Crippen molar-refractivity contribution in [3.63, 3.8) is 0 Å². The van der Waals surface area contributed by atoms with Gasteiger partial charge in [-0.15, -0.1) is 0 Å². The molecule has 1 aromatic carbocycles. The number of hydrogen-bond acceptors (Lipinski definition) is 2. The second kappa shape index (κ2) is 4.51. The summed E-state index contributed by atoms with van der Waals surface area (Å²) in [6.07, 6.45) is 0. The number of anilines is 1. The van der Waals surface area contributed by atoms with Crippen molar-refractivity contribution in [1.82, 2.24) is 0 Å². The van der Waals surface area contributed by atoms with Crippen LogP contribution in [0.25, 0.3) is 5.08 Å². The first-order valence-corrected chi connectivity index (χ1v) is 6.62. The van der Waals surface area contributed by atoms with Crippen molar-refractivity contribution in [2.24, 2.45) is 0 Å². The Morgan fingerprint density at radius 1 is 1.06 bits per heavy atom. The summed E-state index contributed by atoms with van der Waals surface area (Å²) in [6, 6.07) is 4.11. The summed E-state index contributed by atoms with van der Waals surface area (Å²) < 4.78 is 72.3. The van der Waals surface area contributed by atoms with Crippen LogP contribution in [0.4, 0.5) is 35.3 Å². The van der Waals surface area contributed by atoms with Gasteiger partial charge in [-0.2, -0.15) is 0 Å². The maximum atomic E-state index is 12.6. The summed E-state index contributed by atoms with van der Waals surface area (Å²) >= 11 is 3.08. The number of nitrogens with one attached hydrogen (secondary N) is 1. The first-order valence-electron chi connectivity index (χ1n) is 3.80. The summed E-state index contributed by atoms with van der Waals surface area (Å²) in [5.74, 6) is -0.398. The van der Waals surface area contributed by atoms with Crippen molar-refractivity contribution in [2.45, 2.75) is 0 Å². The van der Waals surface area contributed by atoms with Crippen molar-refractivity contribution in [3.05, 3.63) is 33.6 Å². The Kier molecular flexibility index (Phi) is 4.23. The van der Waals surface area contributed by atoms with E-state index in [1.165, 1.54) is 12.1 Å². The molecule has 0 saturated heterocycles. The van der Waals surface area contributed by atoms with E-state index in [9.17, 15) is 29.6 Å². The monoisotopic (exact) mass is 361 g/mol. The molecule has 3 nitrogen and oxygen atoms in total. The van der Waals surface area contributed by atoms with Crippen molar-refractivity contribution in [2.75, 3.05) is 5.43 Å². The van der Waals surface area contributed by atoms with Gasteiger partial charge in [-0.3, -0.25) is 0 Å². The molecule has 0 spiro atoms. The Morgan fingerprint density at radius 3 is 1.83 bits per heavy atom. The van der Waals surface area contributed by atoms with Crippen molar-refractivity contribution < 1.29 is 29.6 Å². The van der Waals surface area contributed by atoms with Crippen LogP contribution in [0.5, 0.6) is 0 Å². The SMILES string of the molecule is F[P-](F)(F)(F)(F)F.N#[N+]Nc1cc(F)cc(Br)c1. The number of rotatable bonds is 1. The molecule has 0 amide bonds. The molecule has 0 fully saturated rings. The molecular weight excluding hydrogens is 358 g/mol. The Hall–Kier alpha value is -1.14. The van der Waals surface area contributed by atoms with Crippen LogP contribution in [0, 0.1) is 11.2 Å². The van der Waals surface area contributed by atoms with Gasteiger partial charge in [0.2, 0.25) is 0 Å². The number of hydrogen-bond donors (Lipinski definition) is 1. The van der Waals surface area contributed by atoms with Crippen LogP contribution in [0.1, 0.15) is 0 Å². The molecule has 0 bridgehead atoms. The maximum absolute atomic E-state index is 12.6. The molecule has 0 aliphatic rings. The number of nitrogens with zero attached hydrogens (tertiary/aromatic N) is 2. The van der Waals surface area contributed by atoms with E-state index in [2.05, 4.69) is 26.4 Å². The number of diazo groups is 1. The summed E-state index contributed by atoms with van der Waals surface area (Å²) in [7, 11) is -10.7. The zero-order chi connectivity index (χ0) is 14.7. The Bertz CT molecular complexity index is 448. The Labute approximate surface area is 104 Å². The largest absolute Gasteiger partial charge is 0.308 e. The number of benzene rings is 1. The molecule has 0 radical (unpaired) electrons. The summed E-state index contributed by atoms with van der Waals surface area (Å²) in [4.78, 5) is 0. The van der Waals surface area contributed by atoms with Crippen LogP contribution >= 0.6 is 23.7 Å². The molecule has 18 heavy (non-hydrogen) atoms. The molecule has 1 rings (SSSR count). The summed E-state index contributed by atoms with van der Waals surface area (Å²) in [5.41, 5.74) is 2.59. The van der Waals surface area contributed by atoms with Crippen LogP contribution in [-0.4, -0.2) is 0 Å². The third-order valence-electron chi connectivity index (χ3n) is 1.04. The Morgan fingerprint density at radius 2 is 1.50 bits per heavy atom. The maximum Gasteiger partial charge on any atom is 0.308 e. The minimum atomic E-state index is -10.7. The van der Waals surface area contributed by atoms with E-state index >= 15 is 0 Å². The Balaban J connectivity index is 0.000000360. The fraction of sp³-hybridized carbons (Fsp3) is 0. The van der Waals surface area contributed by atoms with E-state index in [0.29, 0.717) is 10.2 Å². The molecule has 12 heteroatoms. The third kappa shape index (κ3) is 14.9. The molecule has 1 aromatic rings. The minimum Gasteiger partial charge on any atom is -0.207 e. The van der Waals surface area contributed by atoms with Crippen LogP contribution in [0.15, 0.2) is 22.7 Å². The molecule has 0 aromatic heterocycles. The molecule has 0 atom stereocenters. The molecule has 0 saturated carbocycles. The second-order valence-electron chi connectivity index (χ2n) is 2.83. The van der Waals surface area contributed by atoms with Gasteiger partial charge in [-0.05, 0) is 17.6 Å². The van der Waals surface area contributed by atoms with Crippen molar-refractivity contribution >= 4 is 29.4 Å². The van der Waals surface area contributed by atoms with E-state index in [-0.39, 0.29) is 0 Å². The summed E-state index contributed by atoms with van der Waals surface area (Å²) in [6.45, 7) is 0. The quantitative estimate of drug-likeness (QED) is 0.282. The van der Waals surface area contributed by atoms with Gasteiger partial charge in [0.05, 0.1) is 0 Å². The second-order valence-corrected chi connectivity index (χ2v) is 5.66. The van der Waals surface area contributed by atoms with Crippen molar-refractivity contribution in [1.29, 1.82) is 5.39 Å². The average Bonchev–Trinajstić information content (AvgIpc) is 1.95. The van der Waals surface area contributed by atoms with Crippen LogP contribution in [0.3, 0.4) is 0 Å². The fourth-order valence-corrected chi connectivity index (χ4v) is 1.14. The summed E-state index contributed by atoms with van der Waals surface area (Å²) in [5, 5.41) is 10.7. The molecule has 0 aliphatic carbocycles. The predicted octanol–water partition coefficient (Wildman–Crippen LogP) is 6.15. The van der Waals surface area contributed by atoms with E-state index in [0.717, 1.165) is 0 Å². The normalized spacial score (nSPS) is 14.4. The first kappa shape index (κ1) is 16.9. The average molecular weight is 362 g/mol. The molecule has 0 aliphatic heterocycles. The van der Waals surface area contributed by atoms with Crippen LogP contribution in [0.2, 0.25) is 0 Å².